The molecule has 0 atom stereocenters. The molecule has 0 radical (unpaired) electrons. The van der Waals surface area contributed by atoms with Crippen LogP contribution in [0.1, 0.15) is 23.0 Å². The third-order valence-electron chi connectivity index (χ3n) is 4.25. The van der Waals surface area contributed by atoms with E-state index in [9.17, 15) is 22.8 Å². The van der Waals surface area contributed by atoms with Crippen LogP contribution in [-0.2, 0) is 17.5 Å². The molecule has 164 valence electrons. The summed E-state index contributed by atoms with van der Waals surface area (Å²) in [5, 5.41) is 10.2. The summed E-state index contributed by atoms with van der Waals surface area (Å²) in [5.74, 6) is -0.267. The minimum absolute atomic E-state index is 0.172. The Hall–Kier alpha value is -3.63. The van der Waals surface area contributed by atoms with E-state index < -0.39 is 17.6 Å². The number of rotatable bonds is 8. The first-order valence-electron chi connectivity index (χ1n) is 9.39. The lowest BCUT2D eigenvalue weighted by molar-refractivity contribution is -0.137. The van der Waals surface area contributed by atoms with E-state index >= 15 is 0 Å². The van der Waals surface area contributed by atoms with Gasteiger partial charge in [-0.1, -0.05) is 0 Å². The van der Waals surface area contributed by atoms with Crippen molar-refractivity contribution in [2.45, 2.75) is 19.6 Å². The SMILES string of the molecule is CC(=O)NCCNC(=O)c1nccc2nn(CCOc3ccc(C(F)(F)F)cc3)cc12. The first kappa shape index (κ1) is 22.1. The van der Waals surface area contributed by atoms with Gasteiger partial charge in [0.25, 0.3) is 5.91 Å². The Labute approximate surface area is 175 Å². The van der Waals surface area contributed by atoms with Gasteiger partial charge < -0.3 is 15.4 Å². The maximum atomic E-state index is 12.6. The van der Waals surface area contributed by atoms with E-state index in [-0.39, 0.29) is 24.8 Å². The molecule has 0 aliphatic heterocycles. The van der Waals surface area contributed by atoms with Gasteiger partial charge in [0, 0.05) is 32.4 Å². The number of ether oxygens (including phenoxy) is 1. The molecule has 31 heavy (non-hydrogen) atoms. The third-order valence-corrected chi connectivity index (χ3v) is 4.25. The van der Waals surface area contributed by atoms with Crippen LogP contribution in [0.4, 0.5) is 13.2 Å². The average Bonchev–Trinajstić information content (AvgIpc) is 3.13. The van der Waals surface area contributed by atoms with Crippen LogP contribution in [0.3, 0.4) is 0 Å². The zero-order valence-corrected chi connectivity index (χ0v) is 16.6. The van der Waals surface area contributed by atoms with Crippen molar-refractivity contribution < 1.29 is 27.5 Å². The lowest BCUT2D eigenvalue weighted by Gasteiger charge is -2.09. The van der Waals surface area contributed by atoms with Crippen molar-refractivity contribution in [3.8, 4) is 5.75 Å². The summed E-state index contributed by atoms with van der Waals surface area (Å²) in [6, 6.07) is 6.10. The van der Waals surface area contributed by atoms with Crippen LogP contribution in [0.25, 0.3) is 10.9 Å². The summed E-state index contributed by atoms with van der Waals surface area (Å²) in [6.45, 7) is 2.44. The van der Waals surface area contributed by atoms with Crippen LogP contribution in [0.5, 0.6) is 5.75 Å². The van der Waals surface area contributed by atoms with Gasteiger partial charge in [0.2, 0.25) is 5.91 Å². The minimum Gasteiger partial charge on any atom is -0.492 e. The first-order valence-corrected chi connectivity index (χ1v) is 9.39. The minimum atomic E-state index is -4.39. The molecule has 2 aromatic heterocycles. The number of halogens is 3. The molecule has 0 unspecified atom stereocenters. The van der Waals surface area contributed by atoms with Crippen LogP contribution in [0, 0.1) is 0 Å². The number of hydrogen-bond acceptors (Lipinski definition) is 5. The lowest BCUT2D eigenvalue weighted by Crippen LogP contribution is -2.34. The summed E-state index contributed by atoms with van der Waals surface area (Å²) in [5.41, 5.74) is 0.0281. The van der Waals surface area contributed by atoms with E-state index in [0.29, 0.717) is 29.7 Å². The van der Waals surface area contributed by atoms with Gasteiger partial charge in [-0.15, -0.1) is 0 Å². The fraction of sp³-hybridized carbons (Fsp3) is 0.300. The van der Waals surface area contributed by atoms with Gasteiger partial charge in [-0.2, -0.15) is 18.3 Å². The van der Waals surface area contributed by atoms with Gasteiger partial charge in [-0.25, -0.2) is 0 Å². The van der Waals surface area contributed by atoms with Crippen molar-refractivity contribution in [1.82, 2.24) is 25.4 Å². The predicted octanol–water partition coefficient (Wildman–Crippen LogP) is 2.40. The van der Waals surface area contributed by atoms with Crippen molar-refractivity contribution in [3.05, 3.63) is 54.0 Å². The molecule has 1 aromatic carbocycles. The van der Waals surface area contributed by atoms with E-state index in [1.165, 1.54) is 25.3 Å². The Morgan fingerprint density at radius 3 is 2.48 bits per heavy atom. The number of hydrogen-bond donors (Lipinski definition) is 2. The van der Waals surface area contributed by atoms with E-state index in [1.807, 2.05) is 0 Å². The van der Waals surface area contributed by atoms with Gasteiger partial charge in [-0.05, 0) is 30.3 Å². The highest BCUT2D eigenvalue weighted by Crippen LogP contribution is 2.30. The Morgan fingerprint density at radius 1 is 1.10 bits per heavy atom. The normalized spacial score (nSPS) is 11.4. The zero-order chi connectivity index (χ0) is 22.4. The molecule has 0 aliphatic rings. The van der Waals surface area contributed by atoms with Crippen molar-refractivity contribution in [2.24, 2.45) is 0 Å². The molecule has 0 spiro atoms. The first-order chi connectivity index (χ1) is 14.7. The maximum Gasteiger partial charge on any atom is 0.416 e. The van der Waals surface area contributed by atoms with E-state index in [2.05, 4.69) is 20.7 Å². The summed E-state index contributed by atoms with van der Waals surface area (Å²) < 4.78 is 44.9. The Bertz CT molecular complexity index is 1060. The molecule has 3 rings (SSSR count). The van der Waals surface area contributed by atoms with Crippen LogP contribution >= 0.6 is 0 Å². The largest absolute Gasteiger partial charge is 0.492 e. The van der Waals surface area contributed by atoms with Crippen LogP contribution < -0.4 is 15.4 Å². The van der Waals surface area contributed by atoms with Crippen molar-refractivity contribution >= 4 is 22.7 Å². The zero-order valence-electron chi connectivity index (χ0n) is 16.6. The van der Waals surface area contributed by atoms with Gasteiger partial charge in [0.1, 0.15) is 18.1 Å². The number of pyridine rings is 1. The number of benzene rings is 1. The highest BCUT2D eigenvalue weighted by Gasteiger charge is 2.30. The second kappa shape index (κ2) is 9.45. The van der Waals surface area contributed by atoms with Crippen LogP contribution in [0.15, 0.2) is 42.7 Å². The molecule has 2 N–H and O–H groups in total. The number of fused-ring (bicyclic) bond motifs is 1. The highest BCUT2D eigenvalue weighted by atomic mass is 19.4. The second-order valence-electron chi connectivity index (χ2n) is 6.59. The van der Waals surface area contributed by atoms with Crippen LogP contribution in [-0.4, -0.2) is 46.3 Å². The molecule has 2 heterocycles. The highest BCUT2D eigenvalue weighted by molar-refractivity contribution is 6.04. The van der Waals surface area contributed by atoms with Gasteiger partial charge >= 0.3 is 6.18 Å². The lowest BCUT2D eigenvalue weighted by atomic mass is 10.2. The van der Waals surface area contributed by atoms with Crippen LogP contribution in [0.2, 0.25) is 0 Å². The summed E-state index contributed by atoms with van der Waals surface area (Å²) >= 11 is 0. The molecular weight excluding hydrogens is 415 g/mol. The third kappa shape index (κ3) is 5.93. The topological polar surface area (TPSA) is 98.1 Å². The Balaban J connectivity index is 1.59. The van der Waals surface area contributed by atoms with E-state index in [4.69, 9.17) is 4.74 Å². The number of amides is 2. The number of carbonyl (C=O) groups excluding carboxylic acids is 2. The molecule has 8 nitrogen and oxygen atoms in total. The fourth-order valence-electron chi connectivity index (χ4n) is 2.78. The molecule has 3 aromatic rings. The summed E-state index contributed by atoms with van der Waals surface area (Å²) in [7, 11) is 0. The molecule has 11 heteroatoms. The number of alkyl halides is 3. The molecule has 0 saturated carbocycles. The molecule has 0 fully saturated rings. The number of nitrogens with zero attached hydrogens (tertiary/aromatic N) is 3. The smallest absolute Gasteiger partial charge is 0.416 e. The molecule has 2 amide bonds. The van der Waals surface area contributed by atoms with Crippen molar-refractivity contribution in [3.63, 3.8) is 0 Å². The number of carbonyl (C=O) groups is 2. The monoisotopic (exact) mass is 435 g/mol. The van der Waals surface area contributed by atoms with Gasteiger partial charge in [0.15, 0.2) is 0 Å². The standard InChI is InChI=1S/C20H20F3N5O3/c1-13(29)24-8-9-26-19(30)18-16-12-28(27-17(16)6-7-25-18)10-11-31-15-4-2-14(3-5-15)20(21,22)23/h2-7,12H,8-11H2,1H3,(H,24,29)(H,26,30). The predicted molar refractivity (Wildman–Crippen MR) is 105 cm³/mol. The van der Waals surface area contributed by atoms with Gasteiger partial charge in [-0.3, -0.25) is 19.3 Å². The Kier molecular flexibility index (Phi) is 6.73. The number of aromatic nitrogens is 3. The maximum absolute atomic E-state index is 12.6. The van der Waals surface area contributed by atoms with E-state index in [1.54, 1.807) is 16.9 Å². The second-order valence-corrected chi connectivity index (χ2v) is 6.59. The average molecular weight is 435 g/mol. The molecule has 0 saturated heterocycles. The van der Waals surface area contributed by atoms with Gasteiger partial charge in [0.05, 0.1) is 23.0 Å². The number of nitrogens with one attached hydrogen (secondary N) is 2. The molecular formula is C20H20F3N5O3. The van der Waals surface area contributed by atoms with Crippen molar-refractivity contribution in [1.29, 1.82) is 0 Å². The molecule has 0 bridgehead atoms. The van der Waals surface area contributed by atoms with E-state index in [0.717, 1.165) is 12.1 Å². The Morgan fingerprint density at radius 2 is 1.81 bits per heavy atom. The summed E-state index contributed by atoms with van der Waals surface area (Å²) in [4.78, 5) is 27.4. The summed E-state index contributed by atoms with van der Waals surface area (Å²) in [6.07, 6.45) is -1.27. The fourth-order valence-corrected chi connectivity index (χ4v) is 2.78. The van der Waals surface area contributed by atoms with Crippen molar-refractivity contribution in [2.75, 3.05) is 19.7 Å². The molecule has 0 aliphatic carbocycles. The quantitative estimate of drug-likeness (QED) is 0.530.